The van der Waals surface area contributed by atoms with E-state index in [9.17, 15) is 4.79 Å². The number of hydrogen-bond acceptors (Lipinski definition) is 4. The van der Waals surface area contributed by atoms with Crippen LogP contribution in [0.4, 0.5) is 0 Å². The van der Waals surface area contributed by atoms with E-state index in [1.165, 1.54) is 11.3 Å². The van der Waals surface area contributed by atoms with Crippen LogP contribution < -0.4 is 0 Å². The number of carbonyl (C=O) groups excluding carboxylic acids is 1. The van der Waals surface area contributed by atoms with Crippen LogP contribution in [0.15, 0.2) is 23.6 Å². The van der Waals surface area contributed by atoms with Crippen molar-refractivity contribution >= 4 is 17.1 Å². The molecule has 0 aliphatic carbocycles. The Hall–Kier alpha value is -0.970. The minimum absolute atomic E-state index is 0.0181. The summed E-state index contributed by atoms with van der Waals surface area (Å²) >= 11 is 1.48. The van der Waals surface area contributed by atoms with Crippen molar-refractivity contribution in [2.24, 2.45) is 0 Å². The Kier molecular flexibility index (Phi) is 3.00. The maximum atomic E-state index is 11.6. The Morgan fingerprint density at radius 3 is 2.80 bits per heavy atom. The van der Waals surface area contributed by atoms with E-state index in [-0.39, 0.29) is 12.1 Å². The van der Waals surface area contributed by atoms with E-state index in [0.29, 0.717) is 24.4 Å². The lowest BCUT2D eigenvalue weighted by molar-refractivity contribution is -0.0413. The fourth-order valence-corrected chi connectivity index (χ4v) is 2.24. The van der Waals surface area contributed by atoms with Crippen LogP contribution >= 0.6 is 11.3 Å². The maximum Gasteiger partial charge on any atom is 0.193 e. The standard InChI is InChI=1S/C11H12O3S/c1-7(2)10(12)8-5-9(15-6-8)11-13-3-4-14-11/h5-6,11H,1,3-4H2,2H3. The summed E-state index contributed by atoms with van der Waals surface area (Å²) in [5, 5.41) is 1.82. The van der Waals surface area contributed by atoms with Crippen LogP contribution in [-0.2, 0) is 9.47 Å². The highest BCUT2D eigenvalue weighted by Gasteiger charge is 2.21. The molecule has 4 heteroatoms. The summed E-state index contributed by atoms with van der Waals surface area (Å²) in [5.74, 6) is -0.0181. The number of ether oxygens (including phenoxy) is 2. The second-order valence-electron chi connectivity index (χ2n) is 3.42. The van der Waals surface area contributed by atoms with Gasteiger partial charge in [0.15, 0.2) is 12.1 Å². The second kappa shape index (κ2) is 4.26. The first-order valence-corrected chi connectivity index (χ1v) is 5.58. The molecule has 1 saturated heterocycles. The lowest BCUT2D eigenvalue weighted by Gasteiger charge is -2.04. The molecular weight excluding hydrogens is 212 g/mol. The van der Waals surface area contributed by atoms with Crippen LogP contribution in [0.25, 0.3) is 0 Å². The molecule has 0 amide bonds. The van der Waals surface area contributed by atoms with Gasteiger partial charge in [0.1, 0.15) is 0 Å². The number of carbonyl (C=O) groups is 1. The summed E-state index contributed by atoms with van der Waals surface area (Å²) in [4.78, 5) is 12.5. The number of allylic oxidation sites excluding steroid dienone is 1. The van der Waals surface area contributed by atoms with E-state index in [0.717, 1.165) is 4.88 Å². The first kappa shape index (κ1) is 10.5. The molecule has 0 N–H and O–H groups in total. The molecule has 1 fully saturated rings. The van der Waals surface area contributed by atoms with Gasteiger partial charge in [0, 0.05) is 10.9 Å². The summed E-state index contributed by atoms with van der Waals surface area (Å²) in [6, 6.07) is 1.82. The van der Waals surface area contributed by atoms with Crippen LogP contribution in [0.5, 0.6) is 0 Å². The van der Waals surface area contributed by atoms with Gasteiger partial charge in [-0.05, 0) is 18.6 Å². The Bertz CT molecular complexity index is 388. The molecule has 2 heterocycles. The normalized spacial score (nSPS) is 16.9. The van der Waals surface area contributed by atoms with Gasteiger partial charge in [-0.15, -0.1) is 11.3 Å². The largest absolute Gasteiger partial charge is 0.345 e. The van der Waals surface area contributed by atoms with Crippen molar-refractivity contribution in [3.63, 3.8) is 0 Å². The van der Waals surface area contributed by atoms with E-state index in [1.54, 1.807) is 6.92 Å². The van der Waals surface area contributed by atoms with Gasteiger partial charge in [0.2, 0.25) is 0 Å². The van der Waals surface area contributed by atoms with Crippen LogP contribution in [0, 0.1) is 0 Å². The molecule has 0 radical (unpaired) electrons. The highest BCUT2D eigenvalue weighted by atomic mass is 32.1. The van der Waals surface area contributed by atoms with Gasteiger partial charge in [-0.2, -0.15) is 0 Å². The molecule has 3 nitrogen and oxygen atoms in total. The molecule has 80 valence electrons. The van der Waals surface area contributed by atoms with Crippen LogP contribution in [0.2, 0.25) is 0 Å². The van der Waals surface area contributed by atoms with E-state index >= 15 is 0 Å². The van der Waals surface area contributed by atoms with Crippen molar-refractivity contribution in [2.75, 3.05) is 13.2 Å². The average molecular weight is 224 g/mol. The molecule has 0 spiro atoms. The van der Waals surface area contributed by atoms with E-state index in [1.807, 2.05) is 11.4 Å². The van der Waals surface area contributed by atoms with Gasteiger partial charge in [-0.1, -0.05) is 6.58 Å². The summed E-state index contributed by atoms with van der Waals surface area (Å²) in [6.45, 7) is 6.58. The third-order valence-electron chi connectivity index (χ3n) is 2.12. The maximum absolute atomic E-state index is 11.6. The van der Waals surface area contributed by atoms with Crippen LogP contribution in [-0.4, -0.2) is 19.0 Å². The van der Waals surface area contributed by atoms with Gasteiger partial charge in [0.25, 0.3) is 0 Å². The molecule has 0 saturated carbocycles. The average Bonchev–Trinajstić information content (AvgIpc) is 2.86. The molecule has 0 bridgehead atoms. The number of rotatable bonds is 3. The van der Waals surface area contributed by atoms with Crippen molar-refractivity contribution in [1.82, 2.24) is 0 Å². The van der Waals surface area contributed by atoms with Gasteiger partial charge in [-0.25, -0.2) is 0 Å². The molecule has 1 aliphatic heterocycles. The fourth-order valence-electron chi connectivity index (χ4n) is 1.36. The van der Waals surface area contributed by atoms with Gasteiger partial charge in [0.05, 0.1) is 18.1 Å². The lowest BCUT2D eigenvalue weighted by Crippen LogP contribution is -1.98. The number of Topliss-reactive ketones (excluding diaryl/α,β-unsaturated/α-hetero) is 1. The van der Waals surface area contributed by atoms with Crippen LogP contribution in [0.3, 0.4) is 0 Å². The molecule has 15 heavy (non-hydrogen) atoms. The van der Waals surface area contributed by atoms with E-state index in [2.05, 4.69) is 6.58 Å². The summed E-state index contributed by atoms with van der Waals surface area (Å²) in [6.07, 6.45) is -0.290. The molecule has 2 rings (SSSR count). The number of ketones is 1. The van der Waals surface area contributed by atoms with Gasteiger partial charge in [-0.3, -0.25) is 4.79 Å². The van der Waals surface area contributed by atoms with Crippen molar-refractivity contribution in [1.29, 1.82) is 0 Å². The predicted octanol–water partition coefficient (Wildman–Crippen LogP) is 2.55. The highest BCUT2D eigenvalue weighted by molar-refractivity contribution is 7.10. The monoisotopic (exact) mass is 224 g/mol. The quantitative estimate of drug-likeness (QED) is 0.584. The highest BCUT2D eigenvalue weighted by Crippen LogP contribution is 2.29. The zero-order chi connectivity index (χ0) is 10.8. The van der Waals surface area contributed by atoms with Gasteiger partial charge >= 0.3 is 0 Å². The molecular formula is C11H12O3S. The summed E-state index contributed by atoms with van der Waals surface area (Å²) in [5.41, 5.74) is 1.22. The minimum atomic E-state index is -0.290. The zero-order valence-corrected chi connectivity index (χ0v) is 9.30. The molecule has 1 aliphatic rings. The third kappa shape index (κ3) is 2.17. The fraction of sp³-hybridized carbons (Fsp3) is 0.364. The molecule has 0 aromatic carbocycles. The van der Waals surface area contributed by atoms with Crippen molar-refractivity contribution in [3.8, 4) is 0 Å². The summed E-state index contributed by atoms with van der Waals surface area (Å²) < 4.78 is 10.7. The SMILES string of the molecule is C=C(C)C(=O)c1csc(C2OCCO2)c1. The molecule has 0 atom stereocenters. The van der Waals surface area contributed by atoms with E-state index < -0.39 is 0 Å². The minimum Gasteiger partial charge on any atom is -0.345 e. The van der Waals surface area contributed by atoms with Crippen molar-refractivity contribution < 1.29 is 14.3 Å². The Morgan fingerprint density at radius 2 is 2.20 bits per heavy atom. The van der Waals surface area contributed by atoms with E-state index in [4.69, 9.17) is 9.47 Å². The first-order valence-electron chi connectivity index (χ1n) is 4.70. The Balaban J connectivity index is 2.16. The number of thiophene rings is 1. The lowest BCUT2D eigenvalue weighted by atomic mass is 10.1. The molecule has 1 aromatic heterocycles. The zero-order valence-electron chi connectivity index (χ0n) is 8.49. The van der Waals surface area contributed by atoms with Crippen molar-refractivity contribution in [2.45, 2.75) is 13.2 Å². The van der Waals surface area contributed by atoms with Crippen LogP contribution in [0.1, 0.15) is 28.4 Å². The predicted molar refractivity (Wildman–Crippen MR) is 58.1 cm³/mol. The second-order valence-corrected chi connectivity index (χ2v) is 4.36. The van der Waals surface area contributed by atoms with Crippen molar-refractivity contribution in [3.05, 3.63) is 34.0 Å². The number of hydrogen-bond donors (Lipinski definition) is 0. The smallest absolute Gasteiger partial charge is 0.193 e. The Labute approximate surface area is 92.3 Å². The first-order chi connectivity index (χ1) is 7.18. The molecule has 1 aromatic rings. The molecule has 0 unspecified atom stereocenters. The van der Waals surface area contributed by atoms with Gasteiger partial charge < -0.3 is 9.47 Å². The third-order valence-corrected chi connectivity index (χ3v) is 3.08. The topological polar surface area (TPSA) is 35.5 Å². The Morgan fingerprint density at radius 1 is 1.53 bits per heavy atom. The summed E-state index contributed by atoms with van der Waals surface area (Å²) in [7, 11) is 0.